The summed E-state index contributed by atoms with van der Waals surface area (Å²) in [6, 6.07) is 0. The lowest BCUT2D eigenvalue weighted by Gasteiger charge is -1.79. The van der Waals surface area contributed by atoms with Gasteiger partial charge in [0.1, 0.15) is 0 Å². The first-order chi connectivity index (χ1) is 3.83. The Hall–Kier alpha value is -0.0400. The highest BCUT2D eigenvalue weighted by molar-refractivity contribution is 4.23. The van der Waals surface area contributed by atoms with E-state index in [1.807, 2.05) is 0 Å². The van der Waals surface area contributed by atoms with Crippen molar-refractivity contribution in [2.75, 3.05) is 6.61 Å². The fourth-order valence-electron chi connectivity index (χ4n) is 0.158. The maximum Gasteiger partial charge on any atom is 0.0430 e. The molecule has 0 aromatic heterocycles. The van der Waals surface area contributed by atoms with E-state index in [2.05, 4.69) is 20.8 Å². The van der Waals surface area contributed by atoms with Crippen molar-refractivity contribution in [3.63, 3.8) is 0 Å². The summed E-state index contributed by atoms with van der Waals surface area (Å²) in [6.45, 7) is 6.65. The second kappa shape index (κ2) is 24.6. The Bertz CT molecular complexity index is 18.5. The normalized spacial score (nSPS) is 6.67. The van der Waals surface area contributed by atoms with Crippen molar-refractivity contribution in [2.24, 2.45) is 0 Å². The summed E-state index contributed by atoms with van der Waals surface area (Å²) in [6.07, 6.45) is 3.29. The van der Waals surface area contributed by atoms with E-state index < -0.39 is 0 Å². The van der Waals surface area contributed by atoms with Crippen LogP contribution < -0.4 is 0 Å². The summed E-state index contributed by atoms with van der Waals surface area (Å²) in [4.78, 5) is 0. The Morgan fingerprint density at radius 1 is 1.11 bits per heavy atom. The quantitative estimate of drug-likeness (QED) is 0.615. The molecule has 0 radical (unpaired) electrons. The molecular formula is C8H22O. The van der Waals surface area contributed by atoms with Gasteiger partial charge in [0.25, 0.3) is 0 Å². The molecule has 0 fully saturated rings. The molecule has 60 valence electrons. The van der Waals surface area contributed by atoms with Gasteiger partial charge in [-0.3, -0.25) is 0 Å². The van der Waals surface area contributed by atoms with Gasteiger partial charge in [-0.05, 0) is 6.42 Å². The van der Waals surface area contributed by atoms with Crippen LogP contribution in [-0.4, -0.2) is 11.7 Å². The van der Waals surface area contributed by atoms with Crippen LogP contribution in [0.15, 0.2) is 0 Å². The van der Waals surface area contributed by atoms with Crippen LogP contribution in [0.1, 0.15) is 47.5 Å². The first-order valence-corrected chi connectivity index (χ1v) is 3.44. The van der Waals surface area contributed by atoms with E-state index >= 15 is 0 Å². The zero-order valence-corrected chi connectivity index (χ0v) is 6.28. The molecule has 1 heteroatoms. The van der Waals surface area contributed by atoms with Crippen LogP contribution in [-0.2, 0) is 0 Å². The van der Waals surface area contributed by atoms with Gasteiger partial charge >= 0.3 is 0 Å². The fraction of sp³-hybridized carbons (Fsp3) is 1.00. The zero-order chi connectivity index (χ0) is 6.83. The minimum Gasteiger partial charge on any atom is -0.396 e. The van der Waals surface area contributed by atoms with E-state index in [4.69, 9.17) is 5.11 Å². The number of hydrogen-bond donors (Lipinski definition) is 1. The predicted molar refractivity (Wildman–Crippen MR) is 44.7 cm³/mol. The Morgan fingerprint density at radius 3 is 1.44 bits per heavy atom. The van der Waals surface area contributed by atoms with E-state index in [-0.39, 0.29) is 7.43 Å². The van der Waals surface area contributed by atoms with Crippen LogP contribution in [0.2, 0.25) is 0 Å². The molecule has 0 bridgehead atoms. The molecular weight excluding hydrogens is 112 g/mol. The molecule has 1 nitrogen and oxygen atoms in total. The highest BCUT2D eigenvalue weighted by Gasteiger charge is 1.69. The molecule has 0 rings (SSSR count). The van der Waals surface area contributed by atoms with Gasteiger partial charge in [-0.2, -0.15) is 0 Å². The molecule has 0 heterocycles. The van der Waals surface area contributed by atoms with Crippen LogP contribution in [0, 0.1) is 0 Å². The lowest BCUT2D eigenvalue weighted by atomic mass is 10.4. The summed E-state index contributed by atoms with van der Waals surface area (Å²) in [5.74, 6) is 0. The van der Waals surface area contributed by atoms with Crippen molar-refractivity contribution < 1.29 is 5.11 Å². The van der Waals surface area contributed by atoms with Gasteiger partial charge < -0.3 is 5.11 Å². The van der Waals surface area contributed by atoms with Crippen molar-refractivity contribution in [3.8, 4) is 0 Å². The highest BCUT2D eigenvalue weighted by atomic mass is 16.2. The molecule has 0 amide bonds. The van der Waals surface area contributed by atoms with E-state index in [0.717, 1.165) is 12.8 Å². The first kappa shape index (κ1) is 16.0. The largest absolute Gasteiger partial charge is 0.396 e. The maximum absolute atomic E-state index is 8.07. The van der Waals surface area contributed by atoms with Gasteiger partial charge in [0.05, 0.1) is 0 Å². The first-order valence-electron chi connectivity index (χ1n) is 3.44. The molecule has 0 spiro atoms. The van der Waals surface area contributed by atoms with Crippen molar-refractivity contribution in [1.29, 1.82) is 0 Å². The topological polar surface area (TPSA) is 20.2 Å². The van der Waals surface area contributed by atoms with Gasteiger partial charge in [0.2, 0.25) is 0 Å². The third-order valence-electron chi connectivity index (χ3n) is 0.512. The standard InChI is InChI=1S/C4H10O.C3H8.CH4/c1-2-3-4-5;1-3-2;/h5H,2-4H2,1H3;3H2,1-2H3;1H4. The lowest BCUT2D eigenvalue weighted by Crippen LogP contribution is -1.75. The monoisotopic (exact) mass is 134 g/mol. The summed E-state index contributed by atoms with van der Waals surface area (Å²) in [5, 5.41) is 8.07. The van der Waals surface area contributed by atoms with Crippen LogP contribution in [0.25, 0.3) is 0 Å². The number of hydrogen-bond acceptors (Lipinski definition) is 1. The number of unbranched alkanes of at least 4 members (excludes halogenated alkanes) is 1. The Kier molecular flexibility index (Phi) is 43.7. The maximum atomic E-state index is 8.07. The van der Waals surface area contributed by atoms with Crippen molar-refractivity contribution in [3.05, 3.63) is 0 Å². The number of aliphatic hydroxyl groups excluding tert-OH is 1. The van der Waals surface area contributed by atoms with E-state index in [1.54, 1.807) is 0 Å². The average Bonchev–Trinajstić information content (AvgIpc) is 1.71. The zero-order valence-electron chi connectivity index (χ0n) is 6.28. The van der Waals surface area contributed by atoms with Crippen molar-refractivity contribution in [1.82, 2.24) is 0 Å². The lowest BCUT2D eigenvalue weighted by molar-refractivity contribution is 0.287. The molecule has 9 heavy (non-hydrogen) atoms. The third kappa shape index (κ3) is 73.6. The molecule has 0 saturated carbocycles. The van der Waals surface area contributed by atoms with Crippen molar-refractivity contribution in [2.45, 2.75) is 47.5 Å². The van der Waals surface area contributed by atoms with Crippen LogP contribution in [0.4, 0.5) is 0 Å². The number of aliphatic hydroxyl groups is 1. The van der Waals surface area contributed by atoms with Crippen LogP contribution >= 0.6 is 0 Å². The smallest absolute Gasteiger partial charge is 0.0430 e. The summed E-state index contributed by atoms with van der Waals surface area (Å²) < 4.78 is 0. The van der Waals surface area contributed by atoms with Gasteiger partial charge in [-0.25, -0.2) is 0 Å². The summed E-state index contributed by atoms with van der Waals surface area (Å²) >= 11 is 0. The molecule has 0 saturated heterocycles. The van der Waals surface area contributed by atoms with Crippen LogP contribution in [0.3, 0.4) is 0 Å². The fourth-order valence-corrected chi connectivity index (χ4v) is 0.158. The molecule has 0 aliphatic heterocycles. The van der Waals surface area contributed by atoms with Crippen molar-refractivity contribution >= 4 is 0 Å². The third-order valence-corrected chi connectivity index (χ3v) is 0.512. The van der Waals surface area contributed by atoms with Crippen LogP contribution in [0.5, 0.6) is 0 Å². The van der Waals surface area contributed by atoms with E-state index in [9.17, 15) is 0 Å². The SMILES string of the molecule is C.CCC.CCCCO. The molecule has 0 aliphatic rings. The molecule has 0 unspecified atom stereocenters. The highest BCUT2D eigenvalue weighted by Crippen LogP contribution is 1.78. The van der Waals surface area contributed by atoms with Gasteiger partial charge in [-0.1, -0.05) is 41.0 Å². The predicted octanol–water partition coefficient (Wildman–Crippen LogP) is 2.83. The summed E-state index contributed by atoms with van der Waals surface area (Å²) in [5.41, 5.74) is 0. The Labute approximate surface area is 60.1 Å². The Balaban J connectivity index is -0.0000000800. The van der Waals surface area contributed by atoms with E-state index in [1.165, 1.54) is 6.42 Å². The summed E-state index contributed by atoms with van der Waals surface area (Å²) in [7, 11) is 0. The van der Waals surface area contributed by atoms with Gasteiger partial charge in [0.15, 0.2) is 0 Å². The second-order valence-corrected chi connectivity index (χ2v) is 1.78. The minimum absolute atomic E-state index is 0. The molecule has 1 N–H and O–H groups in total. The second-order valence-electron chi connectivity index (χ2n) is 1.78. The van der Waals surface area contributed by atoms with Gasteiger partial charge in [0, 0.05) is 6.61 Å². The number of rotatable bonds is 2. The molecule has 0 aliphatic carbocycles. The molecule has 0 atom stereocenters. The minimum atomic E-state index is 0. The average molecular weight is 134 g/mol. The Morgan fingerprint density at radius 2 is 1.44 bits per heavy atom. The molecule has 0 aromatic rings. The molecule has 0 aromatic carbocycles. The van der Waals surface area contributed by atoms with E-state index in [0.29, 0.717) is 6.61 Å². The van der Waals surface area contributed by atoms with Gasteiger partial charge in [-0.15, -0.1) is 0 Å².